The number of unbranched alkanes of at least 4 members (excludes halogenated alkanes) is 1. The number of rotatable bonds is 5. The molecule has 0 aliphatic carbocycles. The van der Waals surface area contributed by atoms with Gasteiger partial charge in [-0.25, -0.2) is 0 Å². The van der Waals surface area contributed by atoms with Crippen LogP contribution in [0.1, 0.15) is 50.2 Å². The van der Waals surface area contributed by atoms with Crippen LogP contribution in [0.25, 0.3) is 0 Å². The first-order valence-corrected chi connectivity index (χ1v) is 7.18. The predicted octanol–water partition coefficient (Wildman–Crippen LogP) is 4.02. The van der Waals surface area contributed by atoms with Gasteiger partial charge < -0.3 is 0 Å². The van der Waals surface area contributed by atoms with Gasteiger partial charge in [-0.05, 0) is 49.9 Å². The molecule has 0 atom stereocenters. The average molecular weight is 231 g/mol. The summed E-state index contributed by atoms with van der Waals surface area (Å²) < 4.78 is 0. The molecule has 0 aromatic heterocycles. The fourth-order valence-electron chi connectivity index (χ4n) is 2.57. The van der Waals surface area contributed by atoms with Crippen molar-refractivity contribution in [1.29, 1.82) is 0 Å². The molecule has 1 heterocycles. The molecule has 1 heteroatoms. The highest BCUT2D eigenvalue weighted by Crippen LogP contribution is 2.14. The van der Waals surface area contributed by atoms with Crippen molar-refractivity contribution < 1.29 is 0 Å². The van der Waals surface area contributed by atoms with Crippen LogP contribution in [0, 0.1) is 0 Å². The second-order valence-electron chi connectivity index (χ2n) is 5.26. The number of benzene rings is 1. The molecule has 0 amide bonds. The molecule has 1 fully saturated rings. The van der Waals surface area contributed by atoms with Gasteiger partial charge in [-0.2, -0.15) is 0 Å². The third kappa shape index (κ3) is 4.16. The first-order valence-electron chi connectivity index (χ1n) is 7.18. The lowest BCUT2D eigenvalue weighted by atomic mass is 10.1. The van der Waals surface area contributed by atoms with E-state index in [2.05, 4.69) is 36.1 Å². The van der Waals surface area contributed by atoms with Gasteiger partial charge in [0.25, 0.3) is 0 Å². The summed E-state index contributed by atoms with van der Waals surface area (Å²) >= 11 is 0. The molecule has 1 aliphatic heterocycles. The van der Waals surface area contributed by atoms with E-state index >= 15 is 0 Å². The molecule has 1 aromatic rings. The van der Waals surface area contributed by atoms with E-state index in [1.54, 1.807) is 0 Å². The topological polar surface area (TPSA) is 3.24 Å². The van der Waals surface area contributed by atoms with E-state index in [1.807, 2.05) is 0 Å². The van der Waals surface area contributed by atoms with Gasteiger partial charge >= 0.3 is 0 Å². The normalized spacial score (nSPS) is 17.2. The van der Waals surface area contributed by atoms with Crippen LogP contribution in [0.5, 0.6) is 0 Å². The van der Waals surface area contributed by atoms with E-state index < -0.39 is 0 Å². The minimum absolute atomic E-state index is 1.15. The molecule has 0 spiro atoms. The van der Waals surface area contributed by atoms with Crippen molar-refractivity contribution in [2.75, 3.05) is 13.1 Å². The minimum atomic E-state index is 1.15. The summed E-state index contributed by atoms with van der Waals surface area (Å²) in [6.45, 7) is 5.98. The van der Waals surface area contributed by atoms with Crippen molar-refractivity contribution in [3.05, 3.63) is 35.4 Å². The van der Waals surface area contributed by atoms with E-state index in [9.17, 15) is 0 Å². The van der Waals surface area contributed by atoms with Gasteiger partial charge in [0, 0.05) is 6.54 Å². The van der Waals surface area contributed by atoms with Crippen LogP contribution in [0.2, 0.25) is 0 Å². The molecule has 0 unspecified atom stereocenters. The van der Waals surface area contributed by atoms with Crippen LogP contribution < -0.4 is 0 Å². The predicted molar refractivity (Wildman–Crippen MR) is 74.2 cm³/mol. The monoisotopic (exact) mass is 231 g/mol. The minimum Gasteiger partial charge on any atom is -0.299 e. The maximum absolute atomic E-state index is 2.59. The van der Waals surface area contributed by atoms with Crippen LogP contribution in [0.15, 0.2) is 24.3 Å². The van der Waals surface area contributed by atoms with Gasteiger partial charge in [-0.1, -0.05) is 44.0 Å². The largest absolute Gasteiger partial charge is 0.299 e. The molecule has 0 saturated carbocycles. The van der Waals surface area contributed by atoms with Crippen molar-refractivity contribution >= 4 is 0 Å². The summed E-state index contributed by atoms with van der Waals surface area (Å²) in [5.41, 5.74) is 2.97. The lowest BCUT2D eigenvalue weighted by Gasteiger charge is -2.26. The Kier molecular flexibility index (Phi) is 5.06. The van der Waals surface area contributed by atoms with Gasteiger partial charge in [-0.15, -0.1) is 0 Å². The Hall–Kier alpha value is -0.820. The Balaban J connectivity index is 1.84. The van der Waals surface area contributed by atoms with Gasteiger partial charge in [0.1, 0.15) is 0 Å². The number of hydrogen-bond donors (Lipinski definition) is 0. The van der Waals surface area contributed by atoms with E-state index in [0.29, 0.717) is 0 Å². The third-order valence-corrected chi connectivity index (χ3v) is 3.70. The molecule has 0 bridgehead atoms. The number of likely N-dealkylation sites (tertiary alicyclic amines) is 1. The molecule has 2 rings (SSSR count). The summed E-state index contributed by atoms with van der Waals surface area (Å²) in [7, 11) is 0. The summed E-state index contributed by atoms with van der Waals surface area (Å²) in [6.07, 6.45) is 8.02. The van der Waals surface area contributed by atoms with Crippen LogP contribution in [0.4, 0.5) is 0 Å². The SMILES string of the molecule is CCCCc1ccc(CN2CCCCC2)cc1. The van der Waals surface area contributed by atoms with E-state index in [4.69, 9.17) is 0 Å². The van der Waals surface area contributed by atoms with Gasteiger partial charge in [-0.3, -0.25) is 4.90 Å². The zero-order valence-corrected chi connectivity index (χ0v) is 11.1. The van der Waals surface area contributed by atoms with Crippen molar-refractivity contribution in [2.45, 2.75) is 52.0 Å². The third-order valence-electron chi connectivity index (χ3n) is 3.70. The van der Waals surface area contributed by atoms with Crippen molar-refractivity contribution in [3.8, 4) is 0 Å². The van der Waals surface area contributed by atoms with Gasteiger partial charge in [0.2, 0.25) is 0 Å². The second kappa shape index (κ2) is 6.80. The van der Waals surface area contributed by atoms with Gasteiger partial charge in [0.15, 0.2) is 0 Å². The summed E-state index contributed by atoms with van der Waals surface area (Å²) in [5, 5.41) is 0. The number of piperidine rings is 1. The average Bonchev–Trinajstić information content (AvgIpc) is 2.39. The van der Waals surface area contributed by atoms with Crippen LogP contribution in [0.3, 0.4) is 0 Å². The van der Waals surface area contributed by atoms with Crippen LogP contribution in [-0.4, -0.2) is 18.0 Å². The smallest absolute Gasteiger partial charge is 0.0233 e. The fraction of sp³-hybridized carbons (Fsp3) is 0.625. The van der Waals surface area contributed by atoms with E-state index in [-0.39, 0.29) is 0 Å². The summed E-state index contributed by atoms with van der Waals surface area (Å²) in [4.78, 5) is 2.59. The Labute approximate surface area is 106 Å². The molecule has 1 nitrogen and oxygen atoms in total. The first kappa shape index (κ1) is 12.6. The maximum atomic E-state index is 2.59. The molecule has 17 heavy (non-hydrogen) atoms. The van der Waals surface area contributed by atoms with E-state index in [1.165, 1.54) is 62.7 Å². The highest BCUT2D eigenvalue weighted by Gasteiger charge is 2.09. The Morgan fingerprint density at radius 2 is 1.59 bits per heavy atom. The molecule has 94 valence electrons. The van der Waals surface area contributed by atoms with Crippen molar-refractivity contribution in [3.63, 3.8) is 0 Å². The Bertz CT molecular complexity index is 309. The lowest BCUT2D eigenvalue weighted by Crippen LogP contribution is -2.29. The Morgan fingerprint density at radius 3 is 2.24 bits per heavy atom. The number of hydrogen-bond acceptors (Lipinski definition) is 1. The van der Waals surface area contributed by atoms with Crippen molar-refractivity contribution in [2.24, 2.45) is 0 Å². The van der Waals surface area contributed by atoms with Crippen molar-refractivity contribution in [1.82, 2.24) is 4.90 Å². The second-order valence-corrected chi connectivity index (χ2v) is 5.26. The maximum Gasteiger partial charge on any atom is 0.0233 e. The van der Waals surface area contributed by atoms with Crippen LogP contribution >= 0.6 is 0 Å². The lowest BCUT2D eigenvalue weighted by molar-refractivity contribution is 0.221. The highest BCUT2D eigenvalue weighted by molar-refractivity contribution is 5.22. The molecular formula is C16H25N. The van der Waals surface area contributed by atoms with E-state index in [0.717, 1.165) is 6.54 Å². The highest BCUT2D eigenvalue weighted by atomic mass is 15.1. The fourth-order valence-corrected chi connectivity index (χ4v) is 2.57. The summed E-state index contributed by atoms with van der Waals surface area (Å²) in [6, 6.07) is 9.27. The quantitative estimate of drug-likeness (QED) is 0.740. The molecule has 0 radical (unpaired) electrons. The standard InChI is InChI=1S/C16H25N/c1-2-3-7-15-8-10-16(11-9-15)14-17-12-5-4-6-13-17/h8-11H,2-7,12-14H2,1H3. The molecule has 1 aliphatic rings. The summed E-state index contributed by atoms with van der Waals surface area (Å²) in [5.74, 6) is 0. The Morgan fingerprint density at radius 1 is 0.941 bits per heavy atom. The number of aryl methyl sites for hydroxylation is 1. The molecule has 0 N–H and O–H groups in total. The molecule has 1 aromatic carbocycles. The van der Waals surface area contributed by atoms with Gasteiger partial charge in [0.05, 0.1) is 0 Å². The number of nitrogens with zero attached hydrogens (tertiary/aromatic N) is 1. The zero-order valence-electron chi connectivity index (χ0n) is 11.1. The molecule has 1 saturated heterocycles. The first-order chi connectivity index (χ1) is 8.38. The van der Waals surface area contributed by atoms with Crippen LogP contribution in [-0.2, 0) is 13.0 Å². The zero-order chi connectivity index (χ0) is 11.9. The molecular weight excluding hydrogens is 206 g/mol.